The summed E-state index contributed by atoms with van der Waals surface area (Å²) in [6.07, 6.45) is 2.10. The van der Waals surface area contributed by atoms with Crippen LogP contribution in [0.25, 0.3) is 11.3 Å². The van der Waals surface area contributed by atoms with Crippen molar-refractivity contribution in [3.8, 4) is 17.3 Å². The zero-order valence-electron chi connectivity index (χ0n) is 15.9. The number of aromatic nitrogens is 2. The van der Waals surface area contributed by atoms with E-state index in [1.165, 1.54) is 18.1 Å². The molecule has 6 nitrogen and oxygen atoms in total. The van der Waals surface area contributed by atoms with E-state index in [4.69, 9.17) is 4.42 Å². The Kier molecular flexibility index (Phi) is 6.12. The normalized spacial score (nSPS) is 11.6. The van der Waals surface area contributed by atoms with Crippen LogP contribution in [0.5, 0.6) is 0 Å². The molecule has 0 spiro atoms. The summed E-state index contributed by atoms with van der Waals surface area (Å²) in [7, 11) is 0. The number of thioether (sulfide) groups is 1. The Bertz CT molecular complexity index is 1020. The summed E-state index contributed by atoms with van der Waals surface area (Å²) < 4.78 is 5.54. The highest BCUT2D eigenvalue weighted by molar-refractivity contribution is 8.00. The van der Waals surface area contributed by atoms with Gasteiger partial charge in [-0.15, -0.1) is 0 Å². The predicted octanol–water partition coefficient (Wildman–Crippen LogP) is 4.73. The van der Waals surface area contributed by atoms with E-state index in [1.54, 1.807) is 13.8 Å². The van der Waals surface area contributed by atoms with Crippen molar-refractivity contribution in [3.63, 3.8) is 0 Å². The Morgan fingerprint density at radius 3 is 2.71 bits per heavy atom. The van der Waals surface area contributed by atoms with Crippen LogP contribution < -0.4 is 5.32 Å². The molecule has 0 aliphatic carbocycles. The largest absolute Gasteiger partial charge is 0.444 e. The molecule has 0 saturated heterocycles. The zero-order chi connectivity index (χ0) is 20.1. The maximum absolute atomic E-state index is 12.7. The molecule has 7 heteroatoms. The van der Waals surface area contributed by atoms with Gasteiger partial charge in [-0.05, 0) is 26.3 Å². The van der Waals surface area contributed by atoms with Gasteiger partial charge < -0.3 is 4.42 Å². The molecule has 2 heterocycles. The number of aryl methyl sites for hydroxylation is 1. The lowest BCUT2D eigenvalue weighted by Gasteiger charge is -2.13. The van der Waals surface area contributed by atoms with Gasteiger partial charge in [-0.1, -0.05) is 49.0 Å². The molecule has 142 valence electrons. The fraction of sp³-hybridized carbons (Fsp3) is 0.238. The SMILES string of the molecule is CCC(Sc1cc(-c2ccccc2)ncn1)C(=O)Nc1oc(C)c(C)c1C#N. The molecule has 0 saturated carbocycles. The number of nitriles is 1. The van der Waals surface area contributed by atoms with Gasteiger partial charge in [0.15, 0.2) is 0 Å². The van der Waals surface area contributed by atoms with E-state index in [0.717, 1.165) is 16.8 Å². The number of nitrogens with zero attached hydrogens (tertiary/aromatic N) is 3. The number of furan rings is 1. The Morgan fingerprint density at radius 2 is 2.04 bits per heavy atom. The molecule has 0 aliphatic heterocycles. The highest BCUT2D eigenvalue weighted by atomic mass is 32.2. The van der Waals surface area contributed by atoms with E-state index in [9.17, 15) is 10.1 Å². The fourth-order valence-electron chi connectivity index (χ4n) is 2.68. The monoisotopic (exact) mass is 392 g/mol. The maximum atomic E-state index is 12.7. The lowest BCUT2D eigenvalue weighted by Crippen LogP contribution is -2.24. The number of hydrogen-bond acceptors (Lipinski definition) is 6. The molecule has 2 aromatic heterocycles. The van der Waals surface area contributed by atoms with Gasteiger partial charge in [0.1, 0.15) is 28.7 Å². The number of amides is 1. The number of nitrogens with one attached hydrogen (secondary N) is 1. The van der Waals surface area contributed by atoms with Gasteiger partial charge >= 0.3 is 0 Å². The second kappa shape index (κ2) is 8.72. The summed E-state index contributed by atoms with van der Waals surface area (Å²) in [6, 6.07) is 13.8. The van der Waals surface area contributed by atoms with Crippen molar-refractivity contribution in [1.82, 2.24) is 9.97 Å². The lowest BCUT2D eigenvalue weighted by molar-refractivity contribution is -0.115. The standard InChI is InChI=1S/C21H20N4O2S/c1-4-18(20(26)25-21-16(11-22)13(2)14(3)27-21)28-19-10-17(23-12-24-19)15-8-6-5-7-9-15/h5-10,12,18H,4H2,1-3H3,(H,25,26). The average Bonchev–Trinajstić information content (AvgIpc) is 2.99. The molecule has 0 fully saturated rings. The van der Waals surface area contributed by atoms with E-state index in [1.807, 2.05) is 43.3 Å². The molecule has 1 N–H and O–H groups in total. The first-order valence-corrected chi connectivity index (χ1v) is 9.76. The van der Waals surface area contributed by atoms with Gasteiger partial charge in [0, 0.05) is 11.1 Å². The number of carbonyl (C=O) groups is 1. The smallest absolute Gasteiger partial charge is 0.240 e. The first-order chi connectivity index (χ1) is 13.5. The number of carbonyl (C=O) groups excluding carboxylic acids is 1. The van der Waals surface area contributed by atoms with Crippen molar-refractivity contribution in [2.45, 2.75) is 37.5 Å². The molecule has 0 aliphatic rings. The molecule has 28 heavy (non-hydrogen) atoms. The lowest BCUT2D eigenvalue weighted by atomic mass is 10.1. The second-order valence-electron chi connectivity index (χ2n) is 6.21. The number of hydrogen-bond donors (Lipinski definition) is 1. The third kappa shape index (κ3) is 4.24. The molecule has 3 rings (SSSR count). The van der Waals surface area contributed by atoms with Crippen LogP contribution in [0.3, 0.4) is 0 Å². The quantitative estimate of drug-likeness (QED) is 0.481. The molecular weight excluding hydrogens is 372 g/mol. The van der Waals surface area contributed by atoms with Crippen molar-refractivity contribution in [1.29, 1.82) is 5.26 Å². The topological polar surface area (TPSA) is 91.8 Å². The van der Waals surface area contributed by atoms with Crippen LogP contribution >= 0.6 is 11.8 Å². The first kappa shape index (κ1) is 19.6. The predicted molar refractivity (Wildman–Crippen MR) is 109 cm³/mol. The van der Waals surface area contributed by atoms with Crippen molar-refractivity contribution in [3.05, 3.63) is 59.6 Å². The molecule has 0 radical (unpaired) electrons. The Balaban J connectivity index is 1.77. The Hall–Kier alpha value is -3.11. The van der Waals surface area contributed by atoms with Crippen LogP contribution in [0.4, 0.5) is 5.88 Å². The number of rotatable bonds is 6. The van der Waals surface area contributed by atoms with Crippen molar-refractivity contribution >= 4 is 23.6 Å². The van der Waals surface area contributed by atoms with Gasteiger partial charge in [-0.3, -0.25) is 10.1 Å². The van der Waals surface area contributed by atoms with Crippen molar-refractivity contribution in [2.75, 3.05) is 5.32 Å². The summed E-state index contributed by atoms with van der Waals surface area (Å²) in [5.41, 5.74) is 2.89. The molecule has 3 aromatic rings. The average molecular weight is 392 g/mol. The van der Waals surface area contributed by atoms with Gasteiger partial charge in [0.25, 0.3) is 0 Å². The molecule has 1 unspecified atom stereocenters. The summed E-state index contributed by atoms with van der Waals surface area (Å²) in [5, 5.41) is 12.4. The second-order valence-corrected chi connectivity index (χ2v) is 7.43. The van der Waals surface area contributed by atoms with Crippen molar-refractivity contribution < 1.29 is 9.21 Å². The van der Waals surface area contributed by atoms with Gasteiger partial charge in [0.05, 0.1) is 10.9 Å². The van der Waals surface area contributed by atoms with Crippen LogP contribution in [0.1, 0.15) is 30.2 Å². The van der Waals surface area contributed by atoms with E-state index < -0.39 is 0 Å². The molecule has 1 aromatic carbocycles. The summed E-state index contributed by atoms with van der Waals surface area (Å²) in [4.78, 5) is 21.4. The maximum Gasteiger partial charge on any atom is 0.240 e. The highest BCUT2D eigenvalue weighted by Crippen LogP contribution is 2.30. The summed E-state index contributed by atoms with van der Waals surface area (Å²) in [6.45, 7) is 5.50. The van der Waals surface area contributed by atoms with E-state index in [0.29, 0.717) is 22.8 Å². The Labute approximate surface area is 168 Å². The van der Waals surface area contributed by atoms with Crippen LogP contribution in [0, 0.1) is 25.2 Å². The van der Waals surface area contributed by atoms with Crippen LogP contribution in [0.15, 0.2) is 52.2 Å². The minimum Gasteiger partial charge on any atom is -0.444 e. The summed E-state index contributed by atoms with van der Waals surface area (Å²) in [5.74, 6) is 0.600. The van der Waals surface area contributed by atoms with Gasteiger partial charge in [-0.2, -0.15) is 5.26 Å². The van der Waals surface area contributed by atoms with Crippen LogP contribution in [-0.2, 0) is 4.79 Å². The first-order valence-electron chi connectivity index (χ1n) is 8.88. The number of benzene rings is 1. The molecular formula is C21H20N4O2S. The third-order valence-electron chi connectivity index (χ3n) is 4.37. The minimum absolute atomic E-state index is 0.203. The minimum atomic E-state index is -0.379. The highest BCUT2D eigenvalue weighted by Gasteiger charge is 2.23. The number of anilines is 1. The van der Waals surface area contributed by atoms with Gasteiger partial charge in [-0.25, -0.2) is 9.97 Å². The zero-order valence-corrected chi connectivity index (χ0v) is 16.7. The molecule has 1 amide bonds. The van der Waals surface area contributed by atoms with E-state index in [2.05, 4.69) is 21.4 Å². The molecule has 1 atom stereocenters. The molecule has 0 bridgehead atoms. The summed E-state index contributed by atoms with van der Waals surface area (Å²) >= 11 is 1.36. The van der Waals surface area contributed by atoms with Crippen LogP contribution in [-0.4, -0.2) is 21.1 Å². The van der Waals surface area contributed by atoms with E-state index in [-0.39, 0.29) is 17.0 Å². The van der Waals surface area contributed by atoms with Crippen LogP contribution in [0.2, 0.25) is 0 Å². The van der Waals surface area contributed by atoms with Gasteiger partial charge in [0.2, 0.25) is 11.8 Å². The third-order valence-corrected chi connectivity index (χ3v) is 5.67. The van der Waals surface area contributed by atoms with E-state index >= 15 is 0 Å². The van der Waals surface area contributed by atoms with Crippen molar-refractivity contribution in [2.24, 2.45) is 0 Å². The fourth-order valence-corrected chi connectivity index (χ4v) is 3.59. The Morgan fingerprint density at radius 1 is 1.29 bits per heavy atom.